The lowest BCUT2D eigenvalue weighted by atomic mass is 10.1. The maximum absolute atomic E-state index is 14.4. The highest BCUT2D eigenvalue weighted by Crippen LogP contribution is 2.31. The number of benzene rings is 2. The molecular formula is C24H26FN3O3. The van der Waals surface area contributed by atoms with Gasteiger partial charge in [0.2, 0.25) is 0 Å². The van der Waals surface area contributed by atoms with Crippen LogP contribution in [0, 0.1) is 5.82 Å². The number of carbonyl (C=O) groups excluding carboxylic acids is 1. The molecule has 1 aliphatic carbocycles. The van der Waals surface area contributed by atoms with Crippen LogP contribution in [0.5, 0.6) is 11.5 Å². The fraction of sp³-hybridized carbons (Fsp3) is 0.333. The van der Waals surface area contributed by atoms with E-state index >= 15 is 0 Å². The Labute approximate surface area is 181 Å². The number of nitrogens with zero attached hydrogens (tertiary/aromatic N) is 2. The molecule has 6 nitrogen and oxygen atoms in total. The van der Waals surface area contributed by atoms with Crippen molar-refractivity contribution in [3.05, 3.63) is 70.8 Å². The largest absolute Gasteiger partial charge is 0.493 e. The van der Waals surface area contributed by atoms with Crippen LogP contribution in [-0.4, -0.2) is 29.4 Å². The molecule has 31 heavy (non-hydrogen) atoms. The summed E-state index contributed by atoms with van der Waals surface area (Å²) >= 11 is 0. The Morgan fingerprint density at radius 2 is 2.03 bits per heavy atom. The first kappa shape index (κ1) is 20.9. The predicted molar refractivity (Wildman–Crippen MR) is 116 cm³/mol. The Kier molecular flexibility index (Phi) is 5.93. The minimum Gasteiger partial charge on any atom is -0.493 e. The van der Waals surface area contributed by atoms with Crippen LogP contribution in [0.25, 0.3) is 5.69 Å². The van der Waals surface area contributed by atoms with E-state index in [2.05, 4.69) is 10.4 Å². The molecule has 1 heterocycles. The summed E-state index contributed by atoms with van der Waals surface area (Å²) in [7, 11) is 1.59. The number of para-hydroxylation sites is 1. The van der Waals surface area contributed by atoms with Gasteiger partial charge in [-0.05, 0) is 62.9 Å². The lowest BCUT2D eigenvalue weighted by Crippen LogP contribution is -2.28. The number of hydrogen-bond donors (Lipinski definition) is 1. The third kappa shape index (κ3) is 4.00. The summed E-state index contributed by atoms with van der Waals surface area (Å²) in [6.07, 6.45) is 2.46. The van der Waals surface area contributed by atoms with Gasteiger partial charge in [-0.2, -0.15) is 5.10 Å². The van der Waals surface area contributed by atoms with Gasteiger partial charge in [0.15, 0.2) is 17.2 Å². The van der Waals surface area contributed by atoms with Crippen molar-refractivity contribution in [3.63, 3.8) is 0 Å². The molecule has 2 aromatic carbocycles. The summed E-state index contributed by atoms with van der Waals surface area (Å²) in [4.78, 5) is 13.1. The van der Waals surface area contributed by atoms with Gasteiger partial charge in [-0.15, -0.1) is 0 Å². The van der Waals surface area contributed by atoms with Gasteiger partial charge < -0.3 is 14.8 Å². The minimum absolute atomic E-state index is 0.270. The van der Waals surface area contributed by atoms with Gasteiger partial charge in [0.05, 0.1) is 19.8 Å². The number of amides is 1. The van der Waals surface area contributed by atoms with Gasteiger partial charge in [0, 0.05) is 11.3 Å². The van der Waals surface area contributed by atoms with Gasteiger partial charge in [-0.3, -0.25) is 4.79 Å². The van der Waals surface area contributed by atoms with E-state index in [-0.39, 0.29) is 17.8 Å². The minimum atomic E-state index is -0.360. The molecule has 162 valence electrons. The summed E-state index contributed by atoms with van der Waals surface area (Å²) in [6.45, 7) is 4.36. The highest BCUT2D eigenvalue weighted by Gasteiger charge is 2.28. The third-order valence-electron chi connectivity index (χ3n) is 5.56. The van der Waals surface area contributed by atoms with Crippen LogP contribution in [0.2, 0.25) is 0 Å². The van der Waals surface area contributed by atoms with E-state index in [0.29, 0.717) is 29.5 Å². The quantitative estimate of drug-likeness (QED) is 0.612. The molecule has 0 saturated carbocycles. The first-order valence-electron chi connectivity index (χ1n) is 10.5. The molecule has 0 spiro atoms. The molecule has 0 fully saturated rings. The summed E-state index contributed by atoms with van der Waals surface area (Å²) < 4.78 is 26.9. The van der Waals surface area contributed by atoms with E-state index in [9.17, 15) is 9.18 Å². The molecule has 1 N–H and O–H groups in total. The first-order chi connectivity index (χ1) is 15.0. The van der Waals surface area contributed by atoms with Crippen LogP contribution in [0.1, 0.15) is 53.6 Å². The van der Waals surface area contributed by atoms with Gasteiger partial charge in [-0.1, -0.05) is 18.2 Å². The number of aromatic nitrogens is 2. The molecule has 3 aromatic rings. The van der Waals surface area contributed by atoms with Crippen molar-refractivity contribution < 1.29 is 18.7 Å². The van der Waals surface area contributed by atoms with E-state index in [1.165, 1.54) is 6.07 Å². The van der Waals surface area contributed by atoms with Crippen molar-refractivity contribution in [1.82, 2.24) is 15.1 Å². The average molecular weight is 423 g/mol. The van der Waals surface area contributed by atoms with Crippen LogP contribution in [-0.2, 0) is 12.8 Å². The highest BCUT2D eigenvalue weighted by molar-refractivity contribution is 5.94. The van der Waals surface area contributed by atoms with Crippen molar-refractivity contribution in [2.24, 2.45) is 0 Å². The summed E-state index contributed by atoms with van der Waals surface area (Å²) in [5, 5.41) is 7.52. The molecule has 0 bridgehead atoms. The van der Waals surface area contributed by atoms with Crippen molar-refractivity contribution in [2.45, 2.75) is 39.2 Å². The van der Waals surface area contributed by atoms with Crippen molar-refractivity contribution in [1.29, 1.82) is 0 Å². The number of rotatable bonds is 7. The number of ether oxygens (including phenoxy) is 2. The second kappa shape index (κ2) is 8.79. The lowest BCUT2D eigenvalue weighted by molar-refractivity contribution is 0.0933. The Bertz CT molecular complexity index is 1110. The fourth-order valence-electron chi connectivity index (χ4n) is 4.02. The van der Waals surface area contributed by atoms with Gasteiger partial charge in [0.1, 0.15) is 11.5 Å². The van der Waals surface area contributed by atoms with E-state index in [1.54, 1.807) is 30.0 Å². The Hall–Kier alpha value is -3.35. The second-order valence-electron chi connectivity index (χ2n) is 7.53. The molecular weight excluding hydrogens is 397 g/mol. The Morgan fingerprint density at radius 1 is 1.23 bits per heavy atom. The van der Waals surface area contributed by atoms with Crippen LogP contribution in [0.15, 0.2) is 42.5 Å². The number of nitrogens with one attached hydrogen (secondary N) is 1. The van der Waals surface area contributed by atoms with Gasteiger partial charge >= 0.3 is 0 Å². The SMILES string of the molecule is CCOc1ccc(C(C)NC(=O)c2nn(-c3ccccc3F)c3c2CCC3)cc1OC. The highest BCUT2D eigenvalue weighted by atomic mass is 19.1. The third-order valence-corrected chi connectivity index (χ3v) is 5.56. The molecule has 0 saturated heterocycles. The van der Waals surface area contributed by atoms with Crippen LogP contribution >= 0.6 is 0 Å². The molecule has 1 atom stereocenters. The zero-order chi connectivity index (χ0) is 22.0. The van der Waals surface area contributed by atoms with E-state index in [4.69, 9.17) is 9.47 Å². The predicted octanol–water partition coefficient (Wildman–Crippen LogP) is 4.40. The molecule has 0 radical (unpaired) electrons. The molecule has 1 aromatic heterocycles. The molecule has 7 heteroatoms. The molecule has 1 unspecified atom stereocenters. The lowest BCUT2D eigenvalue weighted by Gasteiger charge is -2.16. The van der Waals surface area contributed by atoms with Crippen molar-refractivity contribution >= 4 is 5.91 Å². The summed E-state index contributed by atoms with van der Waals surface area (Å²) in [6, 6.07) is 11.8. The molecule has 1 aliphatic rings. The molecule has 4 rings (SSSR count). The number of hydrogen-bond acceptors (Lipinski definition) is 4. The topological polar surface area (TPSA) is 65.4 Å². The molecule has 1 amide bonds. The smallest absolute Gasteiger partial charge is 0.272 e. The van der Waals surface area contributed by atoms with Crippen molar-refractivity contribution in [2.75, 3.05) is 13.7 Å². The van der Waals surface area contributed by atoms with Gasteiger partial charge in [0.25, 0.3) is 5.91 Å². The first-order valence-corrected chi connectivity index (χ1v) is 10.5. The van der Waals surface area contributed by atoms with Crippen LogP contribution in [0.4, 0.5) is 4.39 Å². The normalized spacial score (nSPS) is 13.5. The standard InChI is InChI=1S/C24H26FN3O3/c1-4-31-21-13-12-16(14-22(21)30-3)15(2)26-24(29)23-17-8-7-11-19(17)28(27-23)20-10-6-5-9-18(20)25/h5-6,9-10,12-15H,4,7-8,11H2,1-3H3,(H,26,29). The maximum Gasteiger partial charge on any atom is 0.272 e. The number of carbonyl (C=O) groups is 1. The summed E-state index contributed by atoms with van der Waals surface area (Å²) in [5.74, 6) is 0.647. The zero-order valence-corrected chi connectivity index (χ0v) is 17.9. The van der Waals surface area contributed by atoms with Crippen molar-refractivity contribution in [3.8, 4) is 17.2 Å². The molecule has 0 aliphatic heterocycles. The number of fused-ring (bicyclic) bond motifs is 1. The van der Waals surface area contributed by atoms with Gasteiger partial charge in [-0.25, -0.2) is 9.07 Å². The number of halogens is 1. The van der Waals surface area contributed by atoms with E-state index < -0.39 is 0 Å². The monoisotopic (exact) mass is 423 g/mol. The second-order valence-corrected chi connectivity index (χ2v) is 7.53. The van der Waals surface area contributed by atoms with E-state index in [1.807, 2.05) is 32.0 Å². The summed E-state index contributed by atoms with van der Waals surface area (Å²) in [5.41, 5.74) is 3.42. The number of methoxy groups -OCH3 is 1. The van der Waals surface area contributed by atoms with Crippen LogP contribution in [0.3, 0.4) is 0 Å². The Morgan fingerprint density at radius 3 is 2.77 bits per heavy atom. The Balaban J connectivity index is 1.60. The maximum atomic E-state index is 14.4. The fourth-order valence-corrected chi connectivity index (χ4v) is 4.02. The average Bonchev–Trinajstić information content (AvgIpc) is 3.37. The van der Waals surface area contributed by atoms with E-state index in [0.717, 1.165) is 36.1 Å². The van der Waals surface area contributed by atoms with Crippen LogP contribution < -0.4 is 14.8 Å². The zero-order valence-electron chi connectivity index (χ0n) is 17.9.